The van der Waals surface area contributed by atoms with Gasteiger partial charge in [-0.1, -0.05) is 32.0 Å². The first-order valence-electron chi connectivity index (χ1n) is 6.98. The summed E-state index contributed by atoms with van der Waals surface area (Å²) in [5.41, 5.74) is 7.62. The van der Waals surface area contributed by atoms with Crippen LogP contribution in [0.4, 0.5) is 0 Å². The van der Waals surface area contributed by atoms with Gasteiger partial charge >= 0.3 is 0 Å². The van der Waals surface area contributed by atoms with E-state index in [0.717, 1.165) is 16.5 Å². The zero-order chi connectivity index (χ0) is 14.9. The van der Waals surface area contributed by atoms with E-state index in [4.69, 9.17) is 5.73 Å². The van der Waals surface area contributed by atoms with Gasteiger partial charge in [-0.2, -0.15) is 0 Å². The lowest BCUT2D eigenvalue weighted by Gasteiger charge is -2.30. The zero-order valence-electron chi connectivity index (χ0n) is 12.6. The van der Waals surface area contributed by atoms with Gasteiger partial charge in [0, 0.05) is 43.8 Å². The Kier molecular flexibility index (Phi) is 4.14. The highest BCUT2D eigenvalue weighted by molar-refractivity contribution is 6.07. The van der Waals surface area contributed by atoms with E-state index in [1.165, 1.54) is 0 Å². The van der Waals surface area contributed by atoms with E-state index >= 15 is 0 Å². The SMILES string of the molecule is CC(C)[C@@H](CN)N(C)C(=O)c1cn(C)c2ccccc12. The summed E-state index contributed by atoms with van der Waals surface area (Å²) in [5.74, 6) is 0.370. The van der Waals surface area contributed by atoms with Crippen LogP contribution in [-0.2, 0) is 7.05 Å². The first-order chi connectivity index (χ1) is 9.47. The number of benzene rings is 1. The van der Waals surface area contributed by atoms with Crippen LogP contribution in [-0.4, -0.2) is 35.0 Å². The van der Waals surface area contributed by atoms with Crippen molar-refractivity contribution in [1.29, 1.82) is 0 Å². The van der Waals surface area contributed by atoms with Gasteiger partial charge in [-0.25, -0.2) is 0 Å². The maximum absolute atomic E-state index is 12.7. The Morgan fingerprint density at radius 2 is 2.00 bits per heavy atom. The maximum Gasteiger partial charge on any atom is 0.256 e. The summed E-state index contributed by atoms with van der Waals surface area (Å²) in [4.78, 5) is 14.5. The Morgan fingerprint density at radius 1 is 1.35 bits per heavy atom. The molecule has 0 aliphatic carbocycles. The number of amides is 1. The average Bonchev–Trinajstić information content (AvgIpc) is 2.76. The van der Waals surface area contributed by atoms with Crippen molar-refractivity contribution in [3.8, 4) is 0 Å². The summed E-state index contributed by atoms with van der Waals surface area (Å²) in [6.45, 7) is 4.65. The molecule has 108 valence electrons. The van der Waals surface area contributed by atoms with E-state index in [1.54, 1.807) is 4.90 Å². The lowest BCUT2D eigenvalue weighted by atomic mass is 10.0. The number of para-hydroxylation sites is 1. The number of likely N-dealkylation sites (N-methyl/N-ethyl adjacent to an activating group) is 1. The number of hydrogen-bond donors (Lipinski definition) is 1. The van der Waals surface area contributed by atoms with Crippen molar-refractivity contribution in [2.24, 2.45) is 18.7 Å². The van der Waals surface area contributed by atoms with Crippen LogP contribution in [0.15, 0.2) is 30.5 Å². The molecule has 2 N–H and O–H groups in total. The van der Waals surface area contributed by atoms with Gasteiger partial charge in [-0.3, -0.25) is 4.79 Å². The second-order valence-electron chi connectivity index (χ2n) is 5.63. The van der Waals surface area contributed by atoms with Gasteiger partial charge in [-0.15, -0.1) is 0 Å². The summed E-state index contributed by atoms with van der Waals surface area (Å²) < 4.78 is 1.99. The summed E-state index contributed by atoms with van der Waals surface area (Å²) in [7, 11) is 3.80. The van der Waals surface area contributed by atoms with Crippen LogP contribution in [0.5, 0.6) is 0 Å². The Labute approximate surface area is 120 Å². The van der Waals surface area contributed by atoms with E-state index in [1.807, 2.05) is 49.1 Å². The Hall–Kier alpha value is -1.81. The molecule has 0 spiro atoms. The van der Waals surface area contributed by atoms with Crippen molar-refractivity contribution in [3.05, 3.63) is 36.0 Å². The monoisotopic (exact) mass is 273 g/mol. The summed E-state index contributed by atoms with van der Waals surface area (Å²) >= 11 is 0. The minimum Gasteiger partial charge on any atom is -0.350 e. The van der Waals surface area contributed by atoms with Crippen LogP contribution < -0.4 is 5.73 Å². The molecule has 0 bridgehead atoms. The van der Waals surface area contributed by atoms with Crippen molar-refractivity contribution >= 4 is 16.8 Å². The van der Waals surface area contributed by atoms with E-state index in [-0.39, 0.29) is 11.9 Å². The molecule has 4 heteroatoms. The van der Waals surface area contributed by atoms with Gasteiger partial charge in [0.05, 0.1) is 5.56 Å². The highest BCUT2D eigenvalue weighted by Crippen LogP contribution is 2.22. The van der Waals surface area contributed by atoms with Gasteiger partial charge in [0.25, 0.3) is 5.91 Å². The number of aryl methyl sites for hydroxylation is 1. The zero-order valence-corrected chi connectivity index (χ0v) is 12.6. The van der Waals surface area contributed by atoms with E-state index in [9.17, 15) is 4.79 Å². The average molecular weight is 273 g/mol. The second-order valence-corrected chi connectivity index (χ2v) is 5.63. The molecule has 2 rings (SSSR count). The molecule has 1 aromatic heterocycles. The minimum atomic E-state index is 0.0333. The molecular weight excluding hydrogens is 250 g/mol. The molecule has 1 atom stereocenters. The summed E-state index contributed by atoms with van der Waals surface area (Å²) in [5, 5.41) is 0.992. The highest BCUT2D eigenvalue weighted by atomic mass is 16.2. The van der Waals surface area contributed by atoms with E-state index in [2.05, 4.69) is 13.8 Å². The van der Waals surface area contributed by atoms with Gasteiger partial charge in [0.15, 0.2) is 0 Å². The molecule has 0 radical (unpaired) electrons. The van der Waals surface area contributed by atoms with E-state index < -0.39 is 0 Å². The smallest absolute Gasteiger partial charge is 0.256 e. The number of fused-ring (bicyclic) bond motifs is 1. The fraction of sp³-hybridized carbons (Fsp3) is 0.438. The van der Waals surface area contributed by atoms with Gasteiger partial charge in [0.2, 0.25) is 0 Å². The fourth-order valence-electron chi connectivity index (χ4n) is 2.73. The summed E-state index contributed by atoms with van der Waals surface area (Å²) in [6, 6.07) is 8.01. The molecule has 1 heterocycles. The normalized spacial score (nSPS) is 12.9. The molecule has 0 aliphatic heterocycles. The Morgan fingerprint density at radius 3 is 2.60 bits per heavy atom. The summed E-state index contributed by atoms with van der Waals surface area (Å²) in [6.07, 6.45) is 1.90. The number of nitrogens with zero attached hydrogens (tertiary/aromatic N) is 2. The van der Waals surface area contributed by atoms with Crippen LogP contribution >= 0.6 is 0 Å². The molecule has 1 amide bonds. The number of aromatic nitrogens is 1. The van der Waals surface area contributed by atoms with Crippen LogP contribution in [0.25, 0.3) is 10.9 Å². The highest BCUT2D eigenvalue weighted by Gasteiger charge is 2.24. The van der Waals surface area contributed by atoms with Gasteiger partial charge < -0.3 is 15.2 Å². The number of nitrogens with two attached hydrogens (primary N) is 1. The van der Waals surface area contributed by atoms with Crippen molar-refractivity contribution in [2.75, 3.05) is 13.6 Å². The molecule has 0 saturated heterocycles. The first kappa shape index (κ1) is 14.6. The third kappa shape index (κ3) is 2.43. The van der Waals surface area contributed by atoms with E-state index in [0.29, 0.717) is 12.5 Å². The molecule has 0 fully saturated rings. The minimum absolute atomic E-state index is 0.0333. The quantitative estimate of drug-likeness (QED) is 0.928. The molecule has 1 aromatic carbocycles. The third-order valence-corrected chi connectivity index (χ3v) is 3.96. The number of carbonyl (C=O) groups excluding carboxylic acids is 1. The molecule has 0 unspecified atom stereocenters. The molecule has 0 aliphatic rings. The van der Waals surface area contributed by atoms with Crippen molar-refractivity contribution in [1.82, 2.24) is 9.47 Å². The Balaban J connectivity index is 2.41. The lowest BCUT2D eigenvalue weighted by molar-refractivity contribution is 0.0698. The molecule has 2 aromatic rings. The lowest BCUT2D eigenvalue weighted by Crippen LogP contribution is -2.45. The van der Waals surface area contributed by atoms with Crippen molar-refractivity contribution < 1.29 is 4.79 Å². The molecule has 20 heavy (non-hydrogen) atoms. The third-order valence-electron chi connectivity index (χ3n) is 3.96. The van der Waals surface area contributed by atoms with Crippen molar-refractivity contribution in [3.63, 3.8) is 0 Å². The molecule has 0 saturated carbocycles. The van der Waals surface area contributed by atoms with Gasteiger partial charge in [-0.05, 0) is 12.0 Å². The fourth-order valence-corrected chi connectivity index (χ4v) is 2.73. The standard InChI is InChI=1S/C16H23N3O/c1-11(2)15(9-17)19(4)16(20)13-10-18(3)14-8-6-5-7-12(13)14/h5-8,10-11,15H,9,17H2,1-4H3/t15-/m1/s1. The van der Waals surface area contributed by atoms with Crippen molar-refractivity contribution in [2.45, 2.75) is 19.9 Å². The number of carbonyl (C=O) groups is 1. The molecule has 4 nitrogen and oxygen atoms in total. The predicted octanol–water partition coefficient (Wildman–Crippen LogP) is 2.23. The topological polar surface area (TPSA) is 51.3 Å². The number of hydrogen-bond acceptors (Lipinski definition) is 2. The second kappa shape index (κ2) is 5.67. The first-order valence-corrected chi connectivity index (χ1v) is 6.98. The Bertz CT molecular complexity index is 615. The largest absolute Gasteiger partial charge is 0.350 e. The van der Waals surface area contributed by atoms with Gasteiger partial charge in [0.1, 0.15) is 0 Å². The van der Waals surface area contributed by atoms with Crippen LogP contribution in [0.3, 0.4) is 0 Å². The number of rotatable bonds is 4. The van der Waals surface area contributed by atoms with Crippen LogP contribution in [0.2, 0.25) is 0 Å². The maximum atomic E-state index is 12.7. The van der Waals surface area contributed by atoms with Crippen LogP contribution in [0.1, 0.15) is 24.2 Å². The van der Waals surface area contributed by atoms with Crippen LogP contribution in [0, 0.1) is 5.92 Å². The predicted molar refractivity (Wildman–Crippen MR) is 82.7 cm³/mol. The molecular formula is C16H23N3O.